The number of imide groups is 1. The Morgan fingerprint density at radius 1 is 1.08 bits per heavy atom. The van der Waals surface area contributed by atoms with Crippen molar-refractivity contribution in [2.24, 2.45) is 11.8 Å². The maximum absolute atomic E-state index is 12.9. The van der Waals surface area contributed by atoms with Crippen LogP contribution in [0.25, 0.3) is 0 Å². The Morgan fingerprint density at radius 3 is 2.46 bits per heavy atom. The number of hydrogen-bond acceptors (Lipinski definition) is 11. The topological polar surface area (TPSA) is 227 Å². The number of carboxylic acid groups (broad SMARTS) is 1. The van der Waals surface area contributed by atoms with E-state index in [2.05, 4.69) is 16.0 Å². The molecule has 0 aromatic heterocycles. The molecule has 2 aliphatic rings. The fourth-order valence-electron chi connectivity index (χ4n) is 5.65. The van der Waals surface area contributed by atoms with Crippen molar-refractivity contribution in [2.45, 2.75) is 90.3 Å². The molecule has 2 aliphatic heterocycles. The van der Waals surface area contributed by atoms with E-state index in [9.17, 15) is 43.8 Å². The van der Waals surface area contributed by atoms with Crippen LogP contribution < -0.4 is 16.0 Å². The van der Waals surface area contributed by atoms with Crippen molar-refractivity contribution in [3.8, 4) is 0 Å². The second-order valence-electron chi connectivity index (χ2n) is 12.7. The quantitative estimate of drug-likeness (QED) is 0.0798. The average Bonchev–Trinajstić information content (AvgIpc) is 3.29. The van der Waals surface area contributed by atoms with E-state index >= 15 is 0 Å². The van der Waals surface area contributed by atoms with Crippen LogP contribution in [0.4, 0.5) is 10.5 Å². The van der Waals surface area contributed by atoms with Crippen LogP contribution in [0.1, 0.15) is 64.0 Å². The molecule has 2 fully saturated rings. The van der Waals surface area contributed by atoms with E-state index in [1.807, 2.05) is 0 Å². The van der Waals surface area contributed by atoms with E-state index in [0.29, 0.717) is 29.7 Å². The van der Waals surface area contributed by atoms with E-state index in [1.165, 1.54) is 0 Å². The molecule has 2 radical (unpaired) electrons. The zero-order chi connectivity index (χ0) is 37.0. The molecule has 5 atom stereocenters. The van der Waals surface area contributed by atoms with E-state index in [1.54, 1.807) is 39.0 Å². The first-order valence-electron chi connectivity index (χ1n) is 16.5. The van der Waals surface area contributed by atoms with Crippen LogP contribution in [0.3, 0.4) is 0 Å². The SMILES string of the molecule is [B]C(=O)OCc1ccc(NC(=O)CNC(=O)C(NC(=O)CCOCCN2C(=O)CC(C)C2=O)C(C)C)cc1CCC1C[C@@H](O)CC(C(=O)O)O1. The van der Waals surface area contributed by atoms with Gasteiger partial charge in [-0.25, -0.2) is 4.79 Å². The highest BCUT2D eigenvalue weighted by atomic mass is 16.5. The van der Waals surface area contributed by atoms with Gasteiger partial charge in [-0.05, 0) is 48.4 Å². The summed E-state index contributed by atoms with van der Waals surface area (Å²) in [5.41, 5.74) is 1.62. The standard InChI is InChI=1S/C33H45BN4O12/c1-18(2)29(37-26(40)8-10-48-11-9-38-28(42)12-19(3)31(38)44)30(43)35-16-27(41)36-22-6-4-21(17-49-33(34)47)20(13-22)5-7-24-14-23(39)15-25(50-24)32(45)46/h4,6,13,18-19,23-25,29,39H,5,7-12,14-17H2,1-3H3,(H,35,43)(H,36,41)(H,37,40)(H,45,46)/t19?,23-,24?,25?,29?/m1/s1. The van der Waals surface area contributed by atoms with Crippen LogP contribution in [-0.4, -0.2) is 115 Å². The molecule has 17 heteroatoms. The summed E-state index contributed by atoms with van der Waals surface area (Å²) in [6.07, 6.45) is -1.46. The third kappa shape index (κ3) is 12.5. The number of benzene rings is 1. The van der Waals surface area contributed by atoms with E-state index in [0.717, 1.165) is 4.90 Å². The summed E-state index contributed by atoms with van der Waals surface area (Å²) in [6.45, 7) is 4.81. The van der Waals surface area contributed by atoms with E-state index in [-0.39, 0.29) is 75.7 Å². The minimum Gasteiger partial charge on any atom is -0.479 e. The molecule has 0 bridgehead atoms. The fraction of sp³-hybridized carbons (Fsp3) is 0.606. The Bertz CT molecular complexity index is 1420. The molecule has 3 rings (SSSR count). The predicted molar refractivity (Wildman–Crippen MR) is 177 cm³/mol. The zero-order valence-corrected chi connectivity index (χ0v) is 28.5. The van der Waals surface area contributed by atoms with E-state index < -0.39 is 60.5 Å². The van der Waals surface area contributed by atoms with Crippen LogP contribution in [-0.2, 0) is 56.0 Å². The lowest BCUT2D eigenvalue weighted by atomic mass is 9.94. The van der Waals surface area contributed by atoms with Crippen molar-refractivity contribution in [1.82, 2.24) is 15.5 Å². The fourth-order valence-corrected chi connectivity index (χ4v) is 5.65. The number of amides is 5. The van der Waals surface area contributed by atoms with Crippen LogP contribution in [0.5, 0.6) is 0 Å². The van der Waals surface area contributed by atoms with Crippen molar-refractivity contribution in [3.63, 3.8) is 0 Å². The molecular weight excluding hydrogens is 655 g/mol. The largest absolute Gasteiger partial charge is 0.479 e. The number of rotatable bonds is 18. The highest BCUT2D eigenvalue weighted by Gasteiger charge is 2.35. The Morgan fingerprint density at radius 2 is 1.82 bits per heavy atom. The number of likely N-dealkylation sites (tertiary alicyclic amines) is 1. The predicted octanol–water partition coefficient (Wildman–Crippen LogP) is 0.415. The Balaban J connectivity index is 1.49. The molecule has 5 amide bonds. The third-order valence-corrected chi connectivity index (χ3v) is 8.34. The van der Waals surface area contributed by atoms with Crippen molar-refractivity contribution in [3.05, 3.63) is 29.3 Å². The molecule has 2 heterocycles. The van der Waals surface area contributed by atoms with Crippen molar-refractivity contribution in [1.29, 1.82) is 0 Å². The molecule has 0 spiro atoms. The number of hydrogen-bond donors (Lipinski definition) is 5. The first-order chi connectivity index (χ1) is 23.6. The molecular formula is C33H45BN4O12. The van der Waals surface area contributed by atoms with Gasteiger partial charge in [-0.2, -0.15) is 0 Å². The van der Waals surface area contributed by atoms with Gasteiger partial charge in [0.15, 0.2) is 6.10 Å². The molecule has 50 heavy (non-hydrogen) atoms. The van der Waals surface area contributed by atoms with Crippen LogP contribution in [0.2, 0.25) is 0 Å². The second-order valence-corrected chi connectivity index (χ2v) is 12.7. The van der Waals surface area contributed by atoms with Gasteiger partial charge in [0.2, 0.25) is 43.3 Å². The lowest BCUT2D eigenvalue weighted by Gasteiger charge is -2.31. The summed E-state index contributed by atoms with van der Waals surface area (Å²) >= 11 is 0. The number of nitrogens with zero attached hydrogens (tertiary/aromatic N) is 1. The summed E-state index contributed by atoms with van der Waals surface area (Å²) in [5.74, 6) is -4.87. The van der Waals surface area contributed by atoms with Crippen LogP contribution in [0.15, 0.2) is 18.2 Å². The molecule has 5 N–H and O–H groups in total. The Kier molecular flexibility index (Phi) is 15.4. The van der Waals surface area contributed by atoms with Gasteiger partial charge in [0, 0.05) is 30.9 Å². The summed E-state index contributed by atoms with van der Waals surface area (Å²) < 4.78 is 16.0. The molecule has 1 aromatic carbocycles. The monoisotopic (exact) mass is 700 g/mol. The highest BCUT2D eigenvalue weighted by Crippen LogP contribution is 2.26. The number of carbonyl (C=O) groups is 7. The molecule has 272 valence electrons. The number of aryl methyl sites for hydroxylation is 1. The maximum atomic E-state index is 12.9. The molecule has 1 aromatic rings. The van der Waals surface area contributed by atoms with Gasteiger partial charge in [-0.15, -0.1) is 0 Å². The average molecular weight is 701 g/mol. The number of carbonyl (C=O) groups excluding carboxylic acids is 6. The summed E-state index contributed by atoms with van der Waals surface area (Å²) in [4.78, 5) is 85.8. The Labute approximate surface area is 291 Å². The smallest absolute Gasteiger partial charge is 0.332 e. The normalized spacial score (nSPS) is 21.1. The summed E-state index contributed by atoms with van der Waals surface area (Å²) in [7, 11) is 5.12. The number of anilines is 1. The second kappa shape index (κ2) is 19.2. The van der Waals surface area contributed by atoms with Gasteiger partial charge in [0.1, 0.15) is 12.6 Å². The summed E-state index contributed by atoms with van der Waals surface area (Å²) in [5, 5.41) is 27.3. The van der Waals surface area contributed by atoms with E-state index in [4.69, 9.17) is 22.1 Å². The van der Waals surface area contributed by atoms with Gasteiger partial charge in [0.05, 0.1) is 38.5 Å². The van der Waals surface area contributed by atoms with Gasteiger partial charge in [-0.3, -0.25) is 33.7 Å². The Hall–Kier alpha value is -4.35. The molecule has 4 unspecified atom stereocenters. The number of nitrogens with one attached hydrogen (secondary N) is 3. The van der Waals surface area contributed by atoms with Gasteiger partial charge in [0.25, 0.3) is 0 Å². The number of carboxylic acids is 1. The van der Waals surface area contributed by atoms with Gasteiger partial charge >= 0.3 is 5.97 Å². The molecule has 2 saturated heterocycles. The van der Waals surface area contributed by atoms with Crippen molar-refractivity contribution in [2.75, 3.05) is 31.6 Å². The highest BCUT2D eigenvalue weighted by molar-refractivity contribution is 6.55. The van der Waals surface area contributed by atoms with Crippen molar-refractivity contribution < 1.29 is 58.0 Å². The lowest BCUT2D eigenvalue weighted by Crippen LogP contribution is -2.51. The molecule has 0 saturated carbocycles. The maximum Gasteiger partial charge on any atom is 0.332 e. The number of ether oxygens (including phenoxy) is 3. The molecule has 0 aliphatic carbocycles. The minimum absolute atomic E-state index is 0.00488. The van der Waals surface area contributed by atoms with Gasteiger partial charge in [-0.1, -0.05) is 26.8 Å². The number of aliphatic hydroxyl groups excluding tert-OH is 1. The third-order valence-electron chi connectivity index (χ3n) is 8.34. The zero-order valence-electron chi connectivity index (χ0n) is 28.5. The molecule has 16 nitrogen and oxygen atoms in total. The van der Waals surface area contributed by atoms with Gasteiger partial charge < -0.3 is 40.4 Å². The minimum atomic E-state index is -1.16. The lowest BCUT2D eigenvalue weighted by molar-refractivity contribution is -0.166. The first-order valence-corrected chi connectivity index (χ1v) is 16.5. The number of aliphatic hydroxyl groups is 1. The number of aliphatic carboxylic acids is 1. The summed E-state index contributed by atoms with van der Waals surface area (Å²) in [6, 6.07) is 3.91. The van der Waals surface area contributed by atoms with Crippen LogP contribution in [0, 0.1) is 11.8 Å². The van der Waals surface area contributed by atoms with Crippen LogP contribution >= 0.6 is 0 Å². The van der Waals surface area contributed by atoms with Crippen molar-refractivity contribution >= 4 is 54.9 Å². The first kappa shape index (κ1) is 40.1.